The first-order valence-corrected chi connectivity index (χ1v) is 4.83. The molecule has 0 aliphatic rings. The van der Waals surface area contributed by atoms with Crippen molar-refractivity contribution in [1.82, 2.24) is 0 Å². The lowest BCUT2D eigenvalue weighted by Gasteiger charge is -2.08. The van der Waals surface area contributed by atoms with Crippen molar-refractivity contribution in [2.75, 3.05) is 6.61 Å². The molecule has 0 amide bonds. The molecule has 0 aliphatic heterocycles. The summed E-state index contributed by atoms with van der Waals surface area (Å²) in [5, 5.41) is 0. The SMILES string of the molecule is C#CCCCOc1cccc(CN)c1F. The Morgan fingerprint density at radius 3 is 2.93 bits per heavy atom. The van der Waals surface area contributed by atoms with Gasteiger partial charge < -0.3 is 10.5 Å². The minimum Gasteiger partial charge on any atom is -0.490 e. The zero-order valence-corrected chi connectivity index (χ0v) is 8.50. The molecule has 0 radical (unpaired) electrons. The largest absolute Gasteiger partial charge is 0.490 e. The molecule has 3 heteroatoms. The highest BCUT2D eigenvalue weighted by Crippen LogP contribution is 2.20. The Balaban J connectivity index is 2.58. The van der Waals surface area contributed by atoms with Crippen molar-refractivity contribution in [2.45, 2.75) is 19.4 Å². The molecule has 0 heterocycles. The predicted octanol–water partition coefficient (Wildman–Crippen LogP) is 2.08. The van der Waals surface area contributed by atoms with E-state index in [0.29, 0.717) is 18.6 Å². The molecule has 0 bridgehead atoms. The topological polar surface area (TPSA) is 35.2 Å². The molecule has 80 valence electrons. The maximum absolute atomic E-state index is 13.5. The number of benzene rings is 1. The van der Waals surface area contributed by atoms with E-state index in [1.807, 2.05) is 0 Å². The summed E-state index contributed by atoms with van der Waals surface area (Å²) in [6, 6.07) is 4.95. The fourth-order valence-corrected chi connectivity index (χ4v) is 1.18. The molecule has 0 aliphatic carbocycles. The summed E-state index contributed by atoms with van der Waals surface area (Å²) in [5.74, 6) is 2.37. The molecule has 0 spiro atoms. The van der Waals surface area contributed by atoms with Gasteiger partial charge in [-0.1, -0.05) is 12.1 Å². The summed E-state index contributed by atoms with van der Waals surface area (Å²) < 4.78 is 18.8. The first-order chi connectivity index (χ1) is 7.29. The van der Waals surface area contributed by atoms with E-state index in [2.05, 4.69) is 5.92 Å². The smallest absolute Gasteiger partial charge is 0.169 e. The van der Waals surface area contributed by atoms with Crippen molar-refractivity contribution in [2.24, 2.45) is 5.73 Å². The van der Waals surface area contributed by atoms with E-state index in [1.165, 1.54) is 0 Å². The van der Waals surface area contributed by atoms with Crippen molar-refractivity contribution in [3.8, 4) is 18.1 Å². The fraction of sp³-hybridized carbons (Fsp3) is 0.333. The molecular formula is C12H14FNO. The summed E-state index contributed by atoms with van der Waals surface area (Å²) in [4.78, 5) is 0. The number of ether oxygens (including phenoxy) is 1. The normalized spacial score (nSPS) is 9.67. The second-order valence-corrected chi connectivity index (χ2v) is 3.09. The summed E-state index contributed by atoms with van der Waals surface area (Å²) in [5.41, 5.74) is 5.84. The van der Waals surface area contributed by atoms with Gasteiger partial charge in [0.2, 0.25) is 0 Å². The average molecular weight is 207 g/mol. The Morgan fingerprint density at radius 1 is 1.47 bits per heavy atom. The van der Waals surface area contributed by atoms with Crippen LogP contribution >= 0.6 is 0 Å². The van der Waals surface area contributed by atoms with Crippen LogP contribution in [0.25, 0.3) is 0 Å². The molecule has 1 aromatic carbocycles. The number of terminal acetylenes is 1. The molecule has 15 heavy (non-hydrogen) atoms. The third kappa shape index (κ3) is 3.26. The highest BCUT2D eigenvalue weighted by Gasteiger charge is 2.06. The molecule has 0 saturated heterocycles. The van der Waals surface area contributed by atoms with Crippen LogP contribution in [-0.2, 0) is 6.54 Å². The molecule has 0 saturated carbocycles. The number of hydrogen-bond donors (Lipinski definition) is 1. The van der Waals surface area contributed by atoms with Crippen LogP contribution in [0.2, 0.25) is 0 Å². The highest BCUT2D eigenvalue weighted by molar-refractivity contribution is 5.30. The van der Waals surface area contributed by atoms with E-state index < -0.39 is 0 Å². The number of unbranched alkanes of at least 4 members (excludes halogenated alkanes) is 1. The van der Waals surface area contributed by atoms with E-state index in [9.17, 15) is 4.39 Å². The van der Waals surface area contributed by atoms with E-state index in [0.717, 1.165) is 6.42 Å². The molecule has 2 nitrogen and oxygen atoms in total. The van der Waals surface area contributed by atoms with Gasteiger partial charge in [0.15, 0.2) is 11.6 Å². The van der Waals surface area contributed by atoms with Crippen LogP contribution in [0.1, 0.15) is 18.4 Å². The minimum atomic E-state index is -0.374. The van der Waals surface area contributed by atoms with Crippen LogP contribution in [-0.4, -0.2) is 6.61 Å². The Morgan fingerprint density at radius 2 is 2.27 bits per heavy atom. The average Bonchev–Trinajstić information content (AvgIpc) is 2.26. The third-order valence-corrected chi connectivity index (χ3v) is 1.99. The predicted molar refractivity (Wildman–Crippen MR) is 57.9 cm³/mol. The van der Waals surface area contributed by atoms with E-state index in [1.54, 1.807) is 18.2 Å². The lowest BCUT2D eigenvalue weighted by molar-refractivity contribution is 0.296. The first kappa shape index (κ1) is 11.5. The first-order valence-electron chi connectivity index (χ1n) is 4.83. The van der Waals surface area contributed by atoms with Crippen LogP contribution in [0.5, 0.6) is 5.75 Å². The van der Waals surface area contributed by atoms with Crippen molar-refractivity contribution in [3.63, 3.8) is 0 Å². The van der Waals surface area contributed by atoms with E-state index in [4.69, 9.17) is 16.9 Å². The Labute approximate surface area is 89.2 Å². The van der Waals surface area contributed by atoms with Gasteiger partial charge in [0.05, 0.1) is 6.61 Å². The number of rotatable bonds is 5. The van der Waals surface area contributed by atoms with Crippen LogP contribution in [0, 0.1) is 18.2 Å². The summed E-state index contributed by atoms with van der Waals surface area (Å²) in [6.45, 7) is 0.600. The van der Waals surface area contributed by atoms with Crippen LogP contribution < -0.4 is 10.5 Å². The zero-order valence-electron chi connectivity index (χ0n) is 8.50. The fourth-order valence-electron chi connectivity index (χ4n) is 1.18. The van der Waals surface area contributed by atoms with Crippen molar-refractivity contribution in [1.29, 1.82) is 0 Å². The van der Waals surface area contributed by atoms with Crippen LogP contribution in [0.3, 0.4) is 0 Å². The molecule has 0 unspecified atom stereocenters. The highest BCUT2D eigenvalue weighted by atomic mass is 19.1. The molecule has 1 aromatic rings. The number of nitrogens with two attached hydrogens (primary N) is 1. The van der Waals surface area contributed by atoms with Gasteiger partial charge in [0.1, 0.15) is 0 Å². The Bertz CT molecular complexity index is 357. The van der Waals surface area contributed by atoms with E-state index in [-0.39, 0.29) is 18.1 Å². The van der Waals surface area contributed by atoms with Crippen LogP contribution in [0.4, 0.5) is 4.39 Å². The van der Waals surface area contributed by atoms with Gasteiger partial charge in [-0.05, 0) is 12.5 Å². The number of halogens is 1. The van der Waals surface area contributed by atoms with E-state index >= 15 is 0 Å². The van der Waals surface area contributed by atoms with Gasteiger partial charge in [-0.25, -0.2) is 4.39 Å². The maximum Gasteiger partial charge on any atom is 0.169 e. The van der Waals surface area contributed by atoms with Gasteiger partial charge >= 0.3 is 0 Å². The standard InChI is InChI=1S/C12H14FNO/c1-2-3-4-8-15-11-7-5-6-10(9-14)12(11)13/h1,5-7H,3-4,8-9,14H2. The lowest BCUT2D eigenvalue weighted by atomic mass is 10.2. The van der Waals surface area contributed by atoms with Gasteiger partial charge in [0, 0.05) is 18.5 Å². The number of hydrogen-bond acceptors (Lipinski definition) is 2. The van der Waals surface area contributed by atoms with Gasteiger partial charge in [-0.2, -0.15) is 0 Å². The van der Waals surface area contributed by atoms with Gasteiger partial charge in [-0.3, -0.25) is 0 Å². The van der Waals surface area contributed by atoms with Gasteiger partial charge in [0.25, 0.3) is 0 Å². The second kappa shape index (κ2) is 6.05. The quantitative estimate of drug-likeness (QED) is 0.592. The van der Waals surface area contributed by atoms with Crippen molar-refractivity contribution >= 4 is 0 Å². The summed E-state index contributed by atoms with van der Waals surface area (Å²) in [6.07, 6.45) is 6.45. The van der Waals surface area contributed by atoms with Gasteiger partial charge in [-0.15, -0.1) is 12.3 Å². The van der Waals surface area contributed by atoms with Crippen molar-refractivity contribution < 1.29 is 9.13 Å². The molecule has 1 rings (SSSR count). The van der Waals surface area contributed by atoms with Crippen molar-refractivity contribution in [3.05, 3.63) is 29.6 Å². The third-order valence-electron chi connectivity index (χ3n) is 1.99. The zero-order chi connectivity index (χ0) is 11.1. The Kier molecular flexibility index (Phi) is 4.65. The molecule has 0 aromatic heterocycles. The van der Waals surface area contributed by atoms with Crippen LogP contribution in [0.15, 0.2) is 18.2 Å². The summed E-state index contributed by atoms with van der Waals surface area (Å²) >= 11 is 0. The molecule has 0 atom stereocenters. The molecule has 2 N–H and O–H groups in total. The molecular weight excluding hydrogens is 193 g/mol. The lowest BCUT2D eigenvalue weighted by Crippen LogP contribution is -2.04. The second-order valence-electron chi connectivity index (χ2n) is 3.09. The minimum absolute atomic E-state index is 0.174. The molecule has 0 fully saturated rings. The maximum atomic E-state index is 13.5. The Hall–Kier alpha value is -1.53. The summed E-state index contributed by atoms with van der Waals surface area (Å²) in [7, 11) is 0. The monoisotopic (exact) mass is 207 g/mol.